The van der Waals surface area contributed by atoms with Crippen LogP contribution in [0.25, 0.3) is 0 Å². The van der Waals surface area contributed by atoms with E-state index in [2.05, 4.69) is 18.9 Å². The molecule has 3 fully saturated rings. The zero-order chi connectivity index (χ0) is 30.9. The number of aromatic nitrogens is 2. The molecule has 42 heavy (non-hydrogen) atoms. The maximum Gasteiger partial charge on any atom is 0.433 e. The normalized spacial score (nSPS) is 28.3. The minimum Gasteiger partial charge on any atom is -0.481 e. The molecule has 0 bridgehead atoms. The number of aliphatic carboxylic acids is 1. The number of halogens is 6. The molecule has 13 heteroatoms. The van der Waals surface area contributed by atoms with Crippen molar-refractivity contribution in [2.45, 2.75) is 77.6 Å². The zero-order valence-electron chi connectivity index (χ0n) is 23.3. The molecule has 228 valence electrons. The minimum atomic E-state index is -4.96. The van der Waals surface area contributed by atoms with Gasteiger partial charge in [-0.15, -0.1) is 0 Å². The first-order valence-corrected chi connectivity index (χ1v) is 14.6. The number of rotatable bonds is 7. The van der Waals surface area contributed by atoms with Crippen LogP contribution in [0.15, 0.2) is 18.3 Å². The Bertz CT molecular complexity index is 1430. The van der Waals surface area contributed by atoms with E-state index in [1.165, 1.54) is 0 Å². The molecule has 2 atom stereocenters. The topological polar surface area (TPSA) is 92.5 Å². The van der Waals surface area contributed by atoms with E-state index in [9.17, 15) is 37.1 Å². The predicted molar refractivity (Wildman–Crippen MR) is 146 cm³/mol. The Morgan fingerprint density at radius 1 is 1.10 bits per heavy atom. The van der Waals surface area contributed by atoms with E-state index in [0.29, 0.717) is 12.8 Å². The van der Waals surface area contributed by atoms with Crippen LogP contribution in [0.2, 0.25) is 10.0 Å². The zero-order valence-corrected chi connectivity index (χ0v) is 24.8. The van der Waals surface area contributed by atoms with Crippen LogP contribution < -0.4 is 0 Å². The maximum atomic E-state index is 14.6. The second-order valence-corrected chi connectivity index (χ2v) is 13.5. The third-order valence-electron chi connectivity index (χ3n) is 9.89. The molecule has 1 N–H and O–H groups in total. The minimum absolute atomic E-state index is 0.0395. The quantitative estimate of drug-likeness (QED) is 0.196. The highest BCUT2D eigenvalue weighted by molar-refractivity contribution is 6.40. The summed E-state index contributed by atoms with van der Waals surface area (Å²) in [5.74, 6) is -3.20. The summed E-state index contributed by atoms with van der Waals surface area (Å²) in [5, 5.41) is 12.8. The predicted octanol–water partition coefficient (Wildman–Crippen LogP) is 7.31. The summed E-state index contributed by atoms with van der Waals surface area (Å²) in [4.78, 5) is 40.1. The first kappa shape index (κ1) is 30.8. The fraction of sp³-hybridized carbons (Fsp3) is 0.586. The van der Waals surface area contributed by atoms with Crippen LogP contribution in [-0.4, -0.2) is 50.0 Å². The molecule has 1 aromatic carbocycles. The van der Waals surface area contributed by atoms with Gasteiger partial charge in [0.25, 0.3) is 5.91 Å². The molecular weight excluding hydrogens is 601 g/mol. The standard InChI is InChI=1S/C29H31Cl2F4N3O4/c1-27(2)17-10-15(11-18(17)27)37(13-21(39)22-19(30)4-5-20(32)23(22)31)25(40)16-12-36-38(24(16)29(33,34)35)14-6-8-28(3,9-7-14)26(41)42/h4-5,12,14-15,17-18H,6-11,13H2,1-3H3,(H,41,42). The van der Waals surface area contributed by atoms with Crippen molar-refractivity contribution < 1.29 is 37.1 Å². The van der Waals surface area contributed by atoms with E-state index < -0.39 is 70.0 Å². The number of fused-ring (bicyclic) bond motifs is 1. The molecule has 1 aromatic heterocycles. The van der Waals surface area contributed by atoms with Crippen molar-refractivity contribution in [2.75, 3.05) is 6.54 Å². The Balaban J connectivity index is 1.49. The molecule has 3 aliphatic rings. The van der Waals surface area contributed by atoms with Crippen LogP contribution in [0.3, 0.4) is 0 Å². The van der Waals surface area contributed by atoms with E-state index in [4.69, 9.17) is 23.2 Å². The van der Waals surface area contributed by atoms with Crippen molar-refractivity contribution in [2.24, 2.45) is 22.7 Å². The van der Waals surface area contributed by atoms with Crippen molar-refractivity contribution in [3.63, 3.8) is 0 Å². The number of alkyl halides is 3. The molecule has 1 heterocycles. The molecule has 3 saturated carbocycles. The van der Waals surface area contributed by atoms with Crippen LogP contribution in [0.5, 0.6) is 0 Å². The summed E-state index contributed by atoms with van der Waals surface area (Å²) in [6, 6.07) is 0.868. The number of carbonyl (C=O) groups is 3. The number of ketones is 1. The van der Waals surface area contributed by atoms with E-state index >= 15 is 0 Å². The van der Waals surface area contributed by atoms with E-state index in [1.54, 1.807) is 6.92 Å². The lowest BCUT2D eigenvalue weighted by Gasteiger charge is -2.35. The van der Waals surface area contributed by atoms with Crippen molar-refractivity contribution in [3.8, 4) is 0 Å². The molecule has 7 nitrogen and oxygen atoms in total. The van der Waals surface area contributed by atoms with Crippen LogP contribution in [0.1, 0.15) is 91.7 Å². The number of nitrogens with zero attached hydrogens (tertiary/aromatic N) is 3. The number of carboxylic acid groups (broad SMARTS) is 1. The summed E-state index contributed by atoms with van der Waals surface area (Å²) in [6.45, 7) is 5.10. The number of Topliss-reactive ketones (excluding diaryl/α,β-unsaturated/α-hetero) is 1. The summed E-state index contributed by atoms with van der Waals surface area (Å²) in [6.07, 6.45) is -2.48. The fourth-order valence-electron chi connectivity index (χ4n) is 7.04. The third kappa shape index (κ3) is 5.20. The molecule has 0 saturated heterocycles. The average molecular weight is 632 g/mol. The number of amides is 1. The largest absolute Gasteiger partial charge is 0.481 e. The van der Waals surface area contributed by atoms with E-state index in [0.717, 1.165) is 27.9 Å². The Kier molecular flexibility index (Phi) is 7.70. The lowest BCUT2D eigenvalue weighted by molar-refractivity contribution is -0.152. The Morgan fingerprint density at radius 3 is 2.24 bits per heavy atom. The molecule has 0 radical (unpaired) electrons. The van der Waals surface area contributed by atoms with E-state index in [-0.39, 0.29) is 53.5 Å². The van der Waals surface area contributed by atoms with Crippen LogP contribution in [-0.2, 0) is 11.0 Å². The second-order valence-electron chi connectivity index (χ2n) is 12.7. The number of hydrogen-bond donors (Lipinski definition) is 1. The molecular formula is C29H31Cl2F4N3O4. The van der Waals surface area contributed by atoms with Gasteiger partial charge in [-0.05, 0) is 74.8 Å². The highest BCUT2D eigenvalue weighted by atomic mass is 35.5. The van der Waals surface area contributed by atoms with Crippen molar-refractivity contribution in [3.05, 3.63) is 51.0 Å². The Hall–Kier alpha value is -2.66. The van der Waals surface area contributed by atoms with Gasteiger partial charge in [0.15, 0.2) is 11.5 Å². The highest BCUT2D eigenvalue weighted by Crippen LogP contribution is 2.67. The number of carboxylic acids is 1. The monoisotopic (exact) mass is 631 g/mol. The lowest BCUT2D eigenvalue weighted by Crippen LogP contribution is -2.44. The lowest BCUT2D eigenvalue weighted by atomic mass is 9.74. The molecule has 2 aromatic rings. The van der Waals surface area contributed by atoms with Gasteiger partial charge >= 0.3 is 12.1 Å². The molecule has 5 rings (SSSR count). The molecule has 0 aliphatic heterocycles. The second kappa shape index (κ2) is 10.5. The van der Waals surface area contributed by atoms with Crippen molar-refractivity contribution >= 4 is 40.9 Å². The summed E-state index contributed by atoms with van der Waals surface area (Å²) >= 11 is 12.2. The maximum absolute atomic E-state index is 14.6. The highest BCUT2D eigenvalue weighted by Gasteiger charge is 2.63. The third-order valence-corrected chi connectivity index (χ3v) is 10.6. The van der Waals surface area contributed by atoms with Gasteiger partial charge in [-0.2, -0.15) is 18.3 Å². The average Bonchev–Trinajstić information content (AvgIpc) is 3.33. The molecule has 1 amide bonds. The summed E-state index contributed by atoms with van der Waals surface area (Å²) < 4.78 is 58.6. The van der Waals surface area contributed by atoms with Gasteiger partial charge in [0, 0.05) is 6.04 Å². The van der Waals surface area contributed by atoms with Gasteiger partial charge in [-0.3, -0.25) is 19.1 Å². The Morgan fingerprint density at radius 2 is 1.69 bits per heavy atom. The first-order chi connectivity index (χ1) is 19.5. The van der Waals surface area contributed by atoms with Gasteiger partial charge in [-0.1, -0.05) is 37.0 Å². The van der Waals surface area contributed by atoms with Gasteiger partial charge in [-0.25, -0.2) is 4.39 Å². The van der Waals surface area contributed by atoms with Gasteiger partial charge in [0.05, 0.1) is 45.4 Å². The Labute approximate surface area is 250 Å². The van der Waals surface area contributed by atoms with E-state index in [1.807, 2.05) is 0 Å². The number of hydrogen-bond acceptors (Lipinski definition) is 4. The first-order valence-electron chi connectivity index (χ1n) is 13.8. The SMILES string of the molecule is CC1(C(=O)O)CCC(n2ncc(C(=O)N(CC(=O)c3c(Cl)ccc(F)c3Cl)C3CC4C(C3)C4(C)C)c2C(F)(F)F)CC1. The van der Waals surface area contributed by atoms with Crippen LogP contribution in [0.4, 0.5) is 17.6 Å². The number of benzene rings is 1. The van der Waals surface area contributed by atoms with Crippen molar-refractivity contribution in [1.29, 1.82) is 0 Å². The fourth-order valence-corrected chi connectivity index (χ4v) is 7.63. The van der Waals surface area contributed by atoms with Gasteiger partial charge < -0.3 is 10.0 Å². The van der Waals surface area contributed by atoms with Crippen LogP contribution in [0, 0.1) is 28.5 Å². The summed E-state index contributed by atoms with van der Waals surface area (Å²) in [7, 11) is 0. The molecule has 0 spiro atoms. The molecule has 3 aliphatic carbocycles. The molecule has 2 unspecified atom stereocenters. The van der Waals surface area contributed by atoms with Crippen molar-refractivity contribution in [1.82, 2.24) is 14.7 Å². The number of carbonyl (C=O) groups excluding carboxylic acids is 2. The smallest absolute Gasteiger partial charge is 0.433 e. The van der Waals surface area contributed by atoms with Gasteiger partial charge in [0.2, 0.25) is 0 Å². The van der Waals surface area contributed by atoms with Gasteiger partial charge in [0.1, 0.15) is 5.82 Å². The van der Waals surface area contributed by atoms with Crippen LogP contribution >= 0.6 is 23.2 Å². The summed E-state index contributed by atoms with van der Waals surface area (Å²) in [5.41, 5.74) is -3.28.